The second kappa shape index (κ2) is 6.63. The van der Waals surface area contributed by atoms with Gasteiger partial charge in [-0.15, -0.1) is 0 Å². The van der Waals surface area contributed by atoms with Gasteiger partial charge in [0, 0.05) is 23.3 Å². The van der Waals surface area contributed by atoms with E-state index in [2.05, 4.69) is 20.9 Å². The van der Waals surface area contributed by atoms with Crippen LogP contribution in [0.3, 0.4) is 0 Å². The van der Waals surface area contributed by atoms with E-state index >= 15 is 0 Å². The maximum atomic E-state index is 5.74. The first-order valence-electron chi connectivity index (χ1n) is 5.78. The molecule has 0 bridgehead atoms. The summed E-state index contributed by atoms with van der Waals surface area (Å²) in [5, 5.41) is 0. The molecule has 0 fully saturated rings. The van der Waals surface area contributed by atoms with E-state index in [0.29, 0.717) is 17.3 Å². The first-order chi connectivity index (χ1) is 9.16. The molecule has 2 rings (SSSR count). The minimum absolute atomic E-state index is 0.331. The molecule has 0 spiro atoms. The van der Waals surface area contributed by atoms with Gasteiger partial charge in [0.15, 0.2) is 0 Å². The molecule has 0 aliphatic rings. The molecule has 0 atom stereocenters. The van der Waals surface area contributed by atoms with E-state index in [1.165, 1.54) is 0 Å². The van der Waals surface area contributed by atoms with Crippen molar-refractivity contribution < 1.29 is 4.74 Å². The van der Waals surface area contributed by atoms with E-state index < -0.39 is 0 Å². The van der Waals surface area contributed by atoms with Crippen LogP contribution < -0.4 is 10.5 Å². The lowest BCUT2D eigenvalue weighted by Gasteiger charge is -2.11. The Hall–Kier alpha value is -1.46. The number of nitrogens with zero attached hydrogens (tertiary/aromatic N) is 1. The second-order valence-corrected chi connectivity index (χ2v) is 5.32. The molecule has 0 radical (unpaired) electrons. The Balaban J connectivity index is 2.02. The van der Waals surface area contributed by atoms with Gasteiger partial charge in [0.2, 0.25) is 0 Å². The molecule has 3 nitrogen and oxygen atoms in total. The molecule has 0 amide bonds. The highest BCUT2D eigenvalue weighted by molar-refractivity contribution is 9.10. The normalized spacial score (nSPS) is 10.2. The molecule has 1 heterocycles. The Morgan fingerprint density at radius 2 is 2.21 bits per heavy atom. The summed E-state index contributed by atoms with van der Waals surface area (Å²) in [6.45, 7) is 0.558. The number of benzene rings is 1. The van der Waals surface area contributed by atoms with Crippen molar-refractivity contribution in [1.82, 2.24) is 4.98 Å². The maximum absolute atomic E-state index is 5.74. The van der Waals surface area contributed by atoms with Crippen molar-refractivity contribution in [3.05, 3.63) is 58.3 Å². The second-order valence-electron chi connectivity index (χ2n) is 3.96. The first kappa shape index (κ1) is 14.0. The predicted octanol–water partition coefficient (Wildman–Crippen LogP) is 3.10. The molecule has 2 aromatic rings. The van der Waals surface area contributed by atoms with Gasteiger partial charge >= 0.3 is 0 Å². The molecular weight excluding hydrogens is 324 g/mol. The molecule has 98 valence electrons. The minimum Gasteiger partial charge on any atom is -0.493 e. The summed E-state index contributed by atoms with van der Waals surface area (Å²) in [5.74, 6) is 0.708. The van der Waals surface area contributed by atoms with Crippen LogP contribution in [0.5, 0.6) is 5.75 Å². The number of nitrogens with two attached hydrogens (primary N) is 1. The van der Waals surface area contributed by atoms with E-state index in [9.17, 15) is 0 Å². The summed E-state index contributed by atoms with van der Waals surface area (Å²) in [6.07, 6.45) is 4.38. The summed E-state index contributed by atoms with van der Waals surface area (Å²) in [4.78, 5) is 4.40. The third-order valence-corrected chi connectivity index (χ3v) is 3.29. The highest BCUT2D eigenvalue weighted by atomic mass is 79.9. The number of hydrogen-bond acceptors (Lipinski definition) is 3. The third-order valence-electron chi connectivity index (χ3n) is 2.58. The molecule has 5 heteroatoms. The monoisotopic (exact) mass is 336 g/mol. The molecule has 0 aliphatic heterocycles. The number of hydrogen-bond donors (Lipinski definition) is 1. The van der Waals surface area contributed by atoms with E-state index in [1.54, 1.807) is 6.20 Å². The van der Waals surface area contributed by atoms with Gasteiger partial charge in [-0.25, -0.2) is 0 Å². The van der Waals surface area contributed by atoms with Crippen LogP contribution >= 0.6 is 28.1 Å². The molecule has 0 saturated carbocycles. The summed E-state index contributed by atoms with van der Waals surface area (Å²) >= 11 is 8.41. The Bertz CT molecular complexity index is 575. The van der Waals surface area contributed by atoms with Crippen molar-refractivity contribution in [1.29, 1.82) is 0 Å². The van der Waals surface area contributed by atoms with Gasteiger partial charge in [0.05, 0.1) is 12.2 Å². The van der Waals surface area contributed by atoms with Crippen molar-refractivity contribution in [2.24, 2.45) is 5.73 Å². The van der Waals surface area contributed by atoms with Crippen molar-refractivity contribution >= 4 is 33.1 Å². The van der Waals surface area contributed by atoms with Crippen LogP contribution in [0.4, 0.5) is 0 Å². The number of halogens is 1. The lowest BCUT2D eigenvalue weighted by molar-refractivity contribution is 0.321. The zero-order chi connectivity index (χ0) is 13.7. The zero-order valence-corrected chi connectivity index (χ0v) is 12.6. The Morgan fingerprint density at radius 1 is 1.37 bits per heavy atom. The lowest BCUT2D eigenvalue weighted by Crippen LogP contribution is -2.12. The van der Waals surface area contributed by atoms with Crippen LogP contribution in [-0.4, -0.2) is 16.6 Å². The van der Waals surface area contributed by atoms with Crippen LogP contribution in [-0.2, 0) is 6.42 Å². The fourth-order valence-corrected chi connectivity index (χ4v) is 2.17. The summed E-state index contributed by atoms with van der Waals surface area (Å²) in [7, 11) is 0. The average molecular weight is 337 g/mol. The minimum atomic E-state index is 0.331. The third kappa shape index (κ3) is 4.01. The largest absolute Gasteiger partial charge is 0.493 e. The zero-order valence-electron chi connectivity index (χ0n) is 10.2. The van der Waals surface area contributed by atoms with Gasteiger partial charge in [-0.05, 0) is 29.8 Å². The smallest absolute Gasteiger partial charge is 0.129 e. The topological polar surface area (TPSA) is 48.1 Å². The molecule has 0 aliphatic carbocycles. The predicted molar refractivity (Wildman–Crippen MR) is 83.5 cm³/mol. The molecule has 1 aromatic carbocycles. The number of aromatic nitrogens is 1. The Kier molecular flexibility index (Phi) is 4.87. The standard InChI is InChI=1S/C14H13BrN2OS/c15-11-3-4-13(12(8-11)14(16)19)18-7-5-10-2-1-6-17-9-10/h1-4,6,8-9H,5,7H2,(H2,16,19). The van der Waals surface area contributed by atoms with Crippen LogP contribution in [0.25, 0.3) is 0 Å². The first-order valence-corrected chi connectivity index (χ1v) is 6.98. The molecular formula is C14H13BrN2OS. The van der Waals surface area contributed by atoms with Gasteiger partial charge in [-0.1, -0.05) is 34.2 Å². The summed E-state index contributed by atoms with van der Waals surface area (Å²) < 4.78 is 6.67. The van der Waals surface area contributed by atoms with E-state index in [-0.39, 0.29) is 0 Å². The number of pyridine rings is 1. The van der Waals surface area contributed by atoms with Crippen LogP contribution in [0.2, 0.25) is 0 Å². The summed E-state index contributed by atoms with van der Waals surface area (Å²) in [5.41, 5.74) is 7.57. The fourth-order valence-electron chi connectivity index (χ4n) is 1.65. The van der Waals surface area contributed by atoms with Crippen molar-refractivity contribution in [3.8, 4) is 5.75 Å². The molecule has 0 saturated heterocycles. The number of ether oxygens (including phenoxy) is 1. The van der Waals surface area contributed by atoms with Gasteiger partial charge in [-0.2, -0.15) is 0 Å². The van der Waals surface area contributed by atoms with E-state index in [4.69, 9.17) is 22.7 Å². The fraction of sp³-hybridized carbons (Fsp3) is 0.143. The quantitative estimate of drug-likeness (QED) is 0.852. The highest BCUT2D eigenvalue weighted by Crippen LogP contribution is 2.23. The van der Waals surface area contributed by atoms with Crippen LogP contribution in [0.15, 0.2) is 47.2 Å². The highest BCUT2D eigenvalue weighted by Gasteiger charge is 2.07. The molecule has 19 heavy (non-hydrogen) atoms. The van der Waals surface area contributed by atoms with E-state index in [1.807, 2.05) is 36.5 Å². The van der Waals surface area contributed by atoms with Gasteiger partial charge < -0.3 is 10.5 Å². The SMILES string of the molecule is NC(=S)c1cc(Br)ccc1OCCc1cccnc1. The van der Waals surface area contributed by atoms with Crippen molar-refractivity contribution in [2.45, 2.75) is 6.42 Å². The maximum Gasteiger partial charge on any atom is 0.129 e. The summed E-state index contributed by atoms with van der Waals surface area (Å²) in [6, 6.07) is 9.56. The average Bonchev–Trinajstić information content (AvgIpc) is 2.41. The molecule has 0 unspecified atom stereocenters. The van der Waals surface area contributed by atoms with Gasteiger partial charge in [-0.3, -0.25) is 4.98 Å². The molecule has 1 aromatic heterocycles. The van der Waals surface area contributed by atoms with Crippen LogP contribution in [0, 0.1) is 0 Å². The Labute approximate surface area is 125 Å². The van der Waals surface area contributed by atoms with Gasteiger partial charge in [0.25, 0.3) is 0 Å². The van der Waals surface area contributed by atoms with E-state index in [0.717, 1.165) is 22.0 Å². The van der Waals surface area contributed by atoms with Crippen molar-refractivity contribution in [3.63, 3.8) is 0 Å². The number of rotatable bonds is 5. The number of thiocarbonyl (C=S) groups is 1. The van der Waals surface area contributed by atoms with Crippen LogP contribution in [0.1, 0.15) is 11.1 Å². The van der Waals surface area contributed by atoms with Gasteiger partial charge in [0.1, 0.15) is 10.7 Å². The Morgan fingerprint density at radius 3 is 2.89 bits per heavy atom. The molecule has 2 N–H and O–H groups in total. The lowest BCUT2D eigenvalue weighted by atomic mass is 10.2. The van der Waals surface area contributed by atoms with Crippen molar-refractivity contribution in [2.75, 3.05) is 6.61 Å².